The van der Waals surface area contributed by atoms with Crippen molar-refractivity contribution in [2.24, 2.45) is 0 Å². The van der Waals surface area contributed by atoms with Crippen molar-refractivity contribution in [3.8, 4) is 0 Å². The first-order valence-electron chi connectivity index (χ1n) is 4.97. The number of hydrogen-bond acceptors (Lipinski definition) is 3. The zero-order valence-corrected chi connectivity index (χ0v) is 9.64. The van der Waals surface area contributed by atoms with E-state index in [0.29, 0.717) is 6.07 Å². The number of halogens is 4. The van der Waals surface area contributed by atoms with Crippen LogP contribution in [0, 0.1) is 5.82 Å². The minimum absolute atomic E-state index is 0.194. The molecule has 0 aliphatic rings. The molecule has 1 aromatic rings. The van der Waals surface area contributed by atoms with E-state index in [4.69, 9.17) is 0 Å². The summed E-state index contributed by atoms with van der Waals surface area (Å²) in [6.45, 7) is 1.41. The van der Waals surface area contributed by atoms with Crippen LogP contribution < -0.4 is 5.32 Å². The van der Waals surface area contributed by atoms with Gasteiger partial charge in [0.15, 0.2) is 0 Å². The third-order valence-corrected chi connectivity index (χ3v) is 2.22. The number of anilines is 1. The van der Waals surface area contributed by atoms with Gasteiger partial charge in [0.05, 0.1) is 18.4 Å². The van der Waals surface area contributed by atoms with Gasteiger partial charge in [0.25, 0.3) is 0 Å². The van der Waals surface area contributed by atoms with E-state index in [1.54, 1.807) is 0 Å². The minimum atomic E-state index is -4.60. The Kier molecular flexibility index (Phi) is 4.15. The molecule has 0 amide bonds. The fourth-order valence-electron chi connectivity index (χ4n) is 1.28. The summed E-state index contributed by atoms with van der Waals surface area (Å²) >= 11 is 0. The van der Waals surface area contributed by atoms with Crippen LogP contribution in [0.25, 0.3) is 0 Å². The summed E-state index contributed by atoms with van der Waals surface area (Å²) in [4.78, 5) is 11.1. The van der Waals surface area contributed by atoms with E-state index in [-0.39, 0.29) is 5.69 Å². The molecule has 100 valence electrons. The topological polar surface area (TPSA) is 38.3 Å². The lowest BCUT2D eigenvalue weighted by molar-refractivity contribution is -0.141. The van der Waals surface area contributed by atoms with Gasteiger partial charge >= 0.3 is 12.1 Å². The van der Waals surface area contributed by atoms with E-state index in [2.05, 4.69) is 10.1 Å². The van der Waals surface area contributed by atoms with E-state index in [9.17, 15) is 22.4 Å². The number of carbonyl (C=O) groups is 1. The van der Waals surface area contributed by atoms with E-state index >= 15 is 0 Å². The second-order valence-corrected chi connectivity index (χ2v) is 3.58. The molecule has 1 N–H and O–H groups in total. The van der Waals surface area contributed by atoms with Crippen LogP contribution in [0.5, 0.6) is 0 Å². The van der Waals surface area contributed by atoms with Gasteiger partial charge in [0, 0.05) is 0 Å². The molecule has 1 aromatic carbocycles. The molecular weight excluding hydrogens is 254 g/mol. The average molecular weight is 265 g/mol. The normalized spacial score (nSPS) is 13.0. The molecular formula is C11H11F4NO2. The van der Waals surface area contributed by atoms with Crippen molar-refractivity contribution >= 4 is 11.7 Å². The molecule has 0 spiro atoms. The maximum Gasteiger partial charge on any atom is 0.416 e. The van der Waals surface area contributed by atoms with Crippen LogP contribution in [0.15, 0.2) is 18.2 Å². The third-order valence-electron chi connectivity index (χ3n) is 2.22. The van der Waals surface area contributed by atoms with Crippen molar-refractivity contribution in [3.63, 3.8) is 0 Å². The molecule has 0 aromatic heterocycles. The van der Waals surface area contributed by atoms with Gasteiger partial charge in [-0.1, -0.05) is 0 Å². The first kappa shape index (κ1) is 14.3. The Morgan fingerprint density at radius 2 is 2.00 bits per heavy atom. The largest absolute Gasteiger partial charge is 0.467 e. The molecule has 3 nitrogen and oxygen atoms in total. The second-order valence-electron chi connectivity index (χ2n) is 3.58. The van der Waals surface area contributed by atoms with Crippen LogP contribution in [0.4, 0.5) is 23.2 Å². The number of hydrogen-bond donors (Lipinski definition) is 1. The Morgan fingerprint density at radius 1 is 1.39 bits per heavy atom. The highest BCUT2D eigenvalue weighted by Gasteiger charge is 2.31. The van der Waals surface area contributed by atoms with Gasteiger partial charge in [0.1, 0.15) is 11.9 Å². The summed E-state index contributed by atoms with van der Waals surface area (Å²) in [6.07, 6.45) is -4.60. The highest BCUT2D eigenvalue weighted by molar-refractivity contribution is 5.78. The van der Waals surface area contributed by atoms with Crippen molar-refractivity contribution in [3.05, 3.63) is 29.6 Å². The van der Waals surface area contributed by atoms with Crippen LogP contribution in [0.1, 0.15) is 12.5 Å². The van der Waals surface area contributed by atoms with Crippen molar-refractivity contribution in [2.75, 3.05) is 12.4 Å². The SMILES string of the molecule is COC(=O)C(C)Nc1ccc(C(F)(F)F)cc1F. The summed E-state index contributed by atoms with van der Waals surface area (Å²) in [5.74, 6) is -1.73. The number of rotatable bonds is 3. The number of benzene rings is 1. The molecule has 7 heteroatoms. The number of methoxy groups -OCH3 is 1. The van der Waals surface area contributed by atoms with Crippen LogP contribution in [-0.4, -0.2) is 19.1 Å². The maximum atomic E-state index is 13.4. The van der Waals surface area contributed by atoms with Gasteiger partial charge in [-0.15, -0.1) is 0 Å². The fourth-order valence-corrected chi connectivity index (χ4v) is 1.28. The van der Waals surface area contributed by atoms with Gasteiger partial charge < -0.3 is 10.1 Å². The zero-order valence-electron chi connectivity index (χ0n) is 9.64. The second kappa shape index (κ2) is 5.24. The highest BCUT2D eigenvalue weighted by Crippen LogP contribution is 2.31. The minimum Gasteiger partial charge on any atom is -0.467 e. The molecule has 0 heterocycles. The van der Waals surface area contributed by atoms with E-state index in [0.717, 1.165) is 19.2 Å². The van der Waals surface area contributed by atoms with Crippen molar-refractivity contribution < 1.29 is 27.1 Å². The molecule has 0 radical (unpaired) electrons. The number of ether oxygens (including phenoxy) is 1. The first-order valence-corrected chi connectivity index (χ1v) is 4.97. The molecule has 0 saturated heterocycles. The summed E-state index contributed by atoms with van der Waals surface area (Å²) in [5.41, 5.74) is -1.28. The lowest BCUT2D eigenvalue weighted by Crippen LogP contribution is -2.27. The van der Waals surface area contributed by atoms with Gasteiger partial charge in [0.2, 0.25) is 0 Å². The Hall–Kier alpha value is -1.79. The third kappa shape index (κ3) is 3.35. The molecule has 0 aliphatic heterocycles. The number of alkyl halides is 3. The zero-order chi connectivity index (χ0) is 13.9. The molecule has 0 fully saturated rings. The maximum absolute atomic E-state index is 13.4. The lowest BCUT2D eigenvalue weighted by Gasteiger charge is -2.14. The van der Waals surface area contributed by atoms with Gasteiger partial charge in [-0.25, -0.2) is 9.18 Å². The monoisotopic (exact) mass is 265 g/mol. The standard InChI is InChI=1S/C11H11F4NO2/c1-6(10(17)18-2)16-9-4-3-7(5-8(9)12)11(13,14)15/h3-6,16H,1-2H3. The first-order chi connectivity index (χ1) is 8.25. The quantitative estimate of drug-likeness (QED) is 0.674. The molecule has 1 atom stereocenters. The number of esters is 1. The van der Waals surface area contributed by atoms with Crippen LogP contribution in [0.3, 0.4) is 0 Å². The van der Waals surface area contributed by atoms with Gasteiger partial charge in [-0.3, -0.25) is 0 Å². The highest BCUT2D eigenvalue weighted by atomic mass is 19.4. The van der Waals surface area contributed by atoms with Crippen molar-refractivity contribution in [2.45, 2.75) is 19.1 Å². The Bertz CT molecular complexity index is 445. The van der Waals surface area contributed by atoms with Gasteiger partial charge in [-0.2, -0.15) is 13.2 Å². The van der Waals surface area contributed by atoms with Crippen molar-refractivity contribution in [1.82, 2.24) is 0 Å². The van der Waals surface area contributed by atoms with E-state index in [1.165, 1.54) is 6.92 Å². The Balaban J connectivity index is 2.90. The van der Waals surface area contributed by atoms with Crippen LogP contribution >= 0.6 is 0 Å². The summed E-state index contributed by atoms with van der Waals surface area (Å²) in [7, 11) is 1.16. The number of nitrogens with one attached hydrogen (secondary N) is 1. The van der Waals surface area contributed by atoms with Crippen LogP contribution in [-0.2, 0) is 15.7 Å². The predicted octanol–water partition coefficient (Wildman–Crippen LogP) is 2.82. The molecule has 18 heavy (non-hydrogen) atoms. The summed E-state index contributed by atoms with van der Waals surface area (Å²) < 4.78 is 54.6. The lowest BCUT2D eigenvalue weighted by atomic mass is 10.2. The fraction of sp³-hybridized carbons (Fsp3) is 0.364. The Labute approximate surface area is 101 Å². The molecule has 1 rings (SSSR count). The molecule has 0 bridgehead atoms. The van der Waals surface area contributed by atoms with Crippen molar-refractivity contribution in [1.29, 1.82) is 0 Å². The Morgan fingerprint density at radius 3 is 2.44 bits per heavy atom. The number of carbonyl (C=O) groups excluding carboxylic acids is 1. The average Bonchev–Trinajstić information content (AvgIpc) is 2.29. The summed E-state index contributed by atoms with van der Waals surface area (Å²) in [6, 6.07) is 1.17. The molecule has 1 unspecified atom stereocenters. The molecule has 0 saturated carbocycles. The van der Waals surface area contributed by atoms with E-state index < -0.39 is 29.6 Å². The van der Waals surface area contributed by atoms with E-state index in [1.807, 2.05) is 0 Å². The molecule has 0 aliphatic carbocycles. The smallest absolute Gasteiger partial charge is 0.416 e. The summed E-state index contributed by atoms with van der Waals surface area (Å²) in [5, 5.41) is 2.42. The van der Waals surface area contributed by atoms with Crippen LogP contribution in [0.2, 0.25) is 0 Å². The predicted molar refractivity (Wildman–Crippen MR) is 56.5 cm³/mol. The van der Waals surface area contributed by atoms with Gasteiger partial charge in [-0.05, 0) is 25.1 Å².